The SMILES string of the molecule is COc1ccc(-n2c(=O)c3ccc(C(F)(F)F)cc3n(-c3ccc(F)cc3C)c2=O)cn1. The first-order valence-corrected chi connectivity index (χ1v) is 9.28. The van der Waals surface area contributed by atoms with Crippen molar-refractivity contribution in [2.75, 3.05) is 7.11 Å². The van der Waals surface area contributed by atoms with Crippen LogP contribution in [-0.2, 0) is 6.18 Å². The van der Waals surface area contributed by atoms with Crippen LogP contribution in [0.3, 0.4) is 0 Å². The first-order valence-electron chi connectivity index (χ1n) is 9.28. The van der Waals surface area contributed by atoms with Crippen molar-refractivity contribution in [2.45, 2.75) is 13.1 Å². The predicted octanol–water partition coefficient (Wildman–Crippen LogP) is 4.01. The molecule has 0 spiro atoms. The van der Waals surface area contributed by atoms with Crippen molar-refractivity contribution in [3.63, 3.8) is 0 Å². The maximum atomic E-state index is 13.7. The predicted molar refractivity (Wildman–Crippen MR) is 109 cm³/mol. The number of benzene rings is 2. The highest BCUT2D eigenvalue weighted by atomic mass is 19.4. The Morgan fingerprint density at radius 3 is 2.31 bits per heavy atom. The lowest BCUT2D eigenvalue weighted by Crippen LogP contribution is -2.38. The molecule has 32 heavy (non-hydrogen) atoms. The Labute approximate surface area is 177 Å². The van der Waals surface area contributed by atoms with E-state index in [0.717, 1.165) is 39.5 Å². The van der Waals surface area contributed by atoms with Gasteiger partial charge in [0.25, 0.3) is 5.56 Å². The first-order chi connectivity index (χ1) is 15.1. The van der Waals surface area contributed by atoms with Crippen LogP contribution in [0.4, 0.5) is 17.6 Å². The second kappa shape index (κ2) is 7.63. The van der Waals surface area contributed by atoms with Crippen LogP contribution in [0.1, 0.15) is 11.1 Å². The molecule has 0 fully saturated rings. The summed E-state index contributed by atoms with van der Waals surface area (Å²) >= 11 is 0. The summed E-state index contributed by atoms with van der Waals surface area (Å²) in [5.41, 5.74) is -2.50. The molecule has 4 rings (SSSR count). The minimum absolute atomic E-state index is 0.0936. The fourth-order valence-electron chi connectivity index (χ4n) is 3.44. The molecule has 10 heteroatoms. The van der Waals surface area contributed by atoms with Crippen LogP contribution in [0, 0.1) is 12.7 Å². The van der Waals surface area contributed by atoms with Crippen molar-refractivity contribution in [3.05, 3.63) is 92.5 Å². The van der Waals surface area contributed by atoms with Gasteiger partial charge in [-0.2, -0.15) is 13.2 Å². The molecule has 0 N–H and O–H groups in total. The van der Waals surface area contributed by atoms with Gasteiger partial charge >= 0.3 is 11.9 Å². The third kappa shape index (κ3) is 3.53. The van der Waals surface area contributed by atoms with Crippen molar-refractivity contribution < 1.29 is 22.3 Å². The van der Waals surface area contributed by atoms with E-state index >= 15 is 0 Å². The molecule has 2 aromatic carbocycles. The van der Waals surface area contributed by atoms with E-state index in [1.807, 2.05) is 0 Å². The highest BCUT2D eigenvalue weighted by molar-refractivity contribution is 5.81. The van der Waals surface area contributed by atoms with Gasteiger partial charge in [-0.15, -0.1) is 0 Å². The highest BCUT2D eigenvalue weighted by Gasteiger charge is 2.31. The molecule has 0 aliphatic heterocycles. The summed E-state index contributed by atoms with van der Waals surface area (Å²) in [6, 6.07) is 8.88. The van der Waals surface area contributed by atoms with Crippen LogP contribution >= 0.6 is 0 Å². The van der Waals surface area contributed by atoms with Crippen LogP contribution in [0.25, 0.3) is 22.3 Å². The molecule has 6 nitrogen and oxygen atoms in total. The number of methoxy groups -OCH3 is 1. The quantitative estimate of drug-likeness (QED) is 0.447. The molecule has 2 aromatic heterocycles. The molecule has 4 aromatic rings. The van der Waals surface area contributed by atoms with E-state index < -0.39 is 28.8 Å². The van der Waals surface area contributed by atoms with Crippen molar-refractivity contribution in [3.8, 4) is 17.3 Å². The van der Waals surface area contributed by atoms with Gasteiger partial charge in [0.05, 0.1) is 41.1 Å². The fourth-order valence-corrected chi connectivity index (χ4v) is 3.44. The number of ether oxygens (including phenoxy) is 1. The number of nitrogens with zero attached hydrogens (tertiary/aromatic N) is 3. The summed E-state index contributed by atoms with van der Waals surface area (Å²) in [4.78, 5) is 30.6. The lowest BCUT2D eigenvalue weighted by Gasteiger charge is -2.17. The maximum Gasteiger partial charge on any atom is 0.416 e. The molecule has 0 unspecified atom stereocenters. The molecule has 2 heterocycles. The lowest BCUT2D eigenvalue weighted by atomic mass is 10.1. The maximum absolute atomic E-state index is 13.7. The fraction of sp³-hybridized carbons (Fsp3) is 0.136. The van der Waals surface area contributed by atoms with Crippen molar-refractivity contribution in [1.82, 2.24) is 14.1 Å². The Kier molecular flexibility index (Phi) is 5.08. The van der Waals surface area contributed by atoms with Crippen LogP contribution in [-0.4, -0.2) is 21.2 Å². The minimum atomic E-state index is -4.69. The average molecular weight is 445 g/mol. The summed E-state index contributed by atoms with van der Waals surface area (Å²) in [6.07, 6.45) is -3.46. The number of rotatable bonds is 3. The largest absolute Gasteiger partial charge is 0.481 e. The Hall–Kier alpha value is -3.95. The monoisotopic (exact) mass is 445 g/mol. The van der Waals surface area contributed by atoms with E-state index in [2.05, 4.69) is 4.98 Å². The van der Waals surface area contributed by atoms with E-state index in [9.17, 15) is 27.2 Å². The number of hydrogen-bond donors (Lipinski definition) is 0. The molecule has 0 bridgehead atoms. The first kappa shape index (κ1) is 21.3. The number of aryl methyl sites for hydroxylation is 1. The number of hydrogen-bond acceptors (Lipinski definition) is 4. The van der Waals surface area contributed by atoms with E-state index in [0.29, 0.717) is 5.56 Å². The van der Waals surface area contributed by atoms with Crippen LogP contribution < -0.4 is 16.0 Å². The third-order valence-electron chi connectivity index (χ3n) is 4.97. The Morgan fingerprint density at radius 1 is 0.969 bits per heavy atom. The smallest absolute Gasteiger partial charge is 0.416 e. The molecule has 0 aliphatic rings. The molecular formula is C22H15F4N3O3. The second-order valence-electron chi connectivity index (χ2n) is 6.98. The normalized spacial score (nSPS) is 11.7. The number of pyridine rings is 1. The Morgan fingerprint density at radius 2 is 1.72 bits per heavy atom. The number of fused-ring (bicyclic) bond motifs is 1. The zero-order valence-electron chi connectivity index (χ0n) is 16.8. The molecule has 0 atom stereocenters. The molecule has 0 aliphatic carbocycles. The molecule has 0 radical (unpaired) electrons. The number of aromatic nitrogens is 3. The third-order valence-corrected chi connectivity index (χ3v) is 4.97. The summed E-state index contributed by atoms with van der Waals surface area (Å²) in [6.45, 7) is 1.51. The standard InChI is InChI=1S/C22H15F4N3O3/c1-12-9-14(23)4-7-17(12)29-18-10-13(22(24,25)26)3-6-16(18)20(30)28(21(29)31)15-5-8-19(32-2)27-11-15/h3-11H,1-2H3. The van der Waals surface area contributed by atoms with Gasteiger partial charge in [-0.25, -0.2) is 18.7 Å². The number of alkyl halides is 3. The minimum Gasteiger partial charge on any atom is -0.481 e. The van der Waals surface area contributed by atoms with Gasteiger partial charge in [0.2, 0.25) is 5.88 Å². The highest BCUT2D eigenvalue weighted by Crippen LogP contribution is 2.31. The van der Waals surface area contributed by atoms with Gasteiger partial charge < -0.3 is 4.74 Å². The van der Waals surface area contributed by atoms with Crippen LogP contribution in [0.5, 0.6) is 5.88 Å². The van der Waals surface area contributed by atoms with Crippen molar-refractivity contribution in [1.29, 1.82) is 0 Å². The summed E-state index contributed by atoms with van der Waals surface area (Å²) < 4.78 is 60.5. The summed E-state index contributed by atoms with van der Waals surface area (Å²) in [5, 5.41) is -0.128. The Balaban J connectivity index is 2.16. The zero-order chi connectivity index (χ0) is 23.2. The summed E-state index contributed by atoms with van der Waals surface area (Å²) in [5.74, 6) is -0.334. The Bertz CT molecular complexity index is 1460. The van der Waals surface area contributed by atoms with Crippen LogP contribution in [0.2, 0.25) is 0 Å². The van der Waals surface area contributed by atoms with Crippen LogP contribution in [0.15, 0.2) is 64.3 Å². The topological polar surface area (TPSA) is 66.1 Å². The van der Waals surface area contributed by atoms with E-state index in [1.54, 1.807) is 0 Å². The van der Waals surface area contributed by atoms with Gasteiger partial charge in [0, 0.05) is 6.07 Å². The van der Waals surface area contributed by atoms with Gasteiger partial charge in [-0.1, -0.05) is 0 Å². The molecular weight excluding hydrogens is 430 g/mol. The van der Waals surface area contributed by atoms with E-state index in [1.165, 1.54) is 38.4 Å². The van der Waals surface area contributed by atoms with Gasteiger partial charge in [0.1, 0.15) is 5.82 Å². The molecule has 0 amide bonds. The van der Waals surface area contributed by atoms with E-state index in [4.69, 9.17) is 4.74 Å². The lowest BCUT2D eigenvalue weighted by molar-refractivity contribution is -0.137. The molecule has 164 valence electrons. The van der Waals surface area contributed by atoms with Gasteiger partial charge in [0.15, 0.2) is 0 Å². The molecule has 0 saturated heterocycles. The van der Waals surface area contributed by atoms with Gasteiger partial charge in [-0.05, 0) is 55.0 Å². The summed E-state index contributed by atoms with van der Waals surface area (Å²) in [7, 11) is 1.40. The van der Waals surface area contributed by atoms with E-state index in [-0.39, 0.29) is 28.2 Å². The van der Waals surface area contributed by atoms with Crippen molar-refractivity contribution >= 4 is 10.9 Å². The zero-order valence-corrected chi connectivity index (χ0v) is 16.8. The van der Waals surface area contributed by atoms with Gasteiger partial charge in [-0.3, -0.25) is 9.36 Å². The van der Waals surface area contributed by atoms with Crippen molar-refractivity contribution in [2.24, 2.45) is 0 Å². The molecule has 0 saturated carbocycles. The number of halogens is 4. The second-order valence-corrected chi connectivity index (χ2v) is 6.98. The average Bonchev–Trinajstić information content (AvgIpc) is 2.74.